The summed E-state index contributed by atoms with van der Waals surface area (Å²) in [6.07, 6.45) is -0.290. The molecule has 0 spiro atoms. The molecule has 3 N–H and O–H groups in total. The van der Waals surface area contributed by atoms with E-state index in [-0.39, 0.29) is 12.8 Å². The van der Waals surface area contributed by atoms with E-state index in [2.05, 4.69) is 10.5 Å². The standard InChI is InChI=1S/C11H18N2O5/c1-10(2,3)18-9(16)12-11(8(14)15)5-4-7(6-11)13-17/h17H,4-6H2,1-3H3,(H,12,16)(H,14,15)/b13-7+. The molecule has 1 aliphatic rings. The lowest BCUT2D eigenvalue weighted by Crippen LogP contribution is -2.54. The predicted molar refractivity (Wildman–Crippen MR) is 62.8 cm³/mol. The molecule has 0 bridgehead atoms. The number of amides is 1. The van der Waals surface area contributed by atoms with Crippen LogP contribution in [0.5, 0.6) is 0 Å². The summed E-state index contributed by atoms with van der Waals surface area (Å²) in [5, 5.41) is 23.2. The van der Waals surface area contributed by atoms with Gasteiger partial charge in [-0.05, 0) is 33.6 Å². The first-order valence-corrected chi connectivity index (χ1v) is 5.63. The number of carboxylic acid groups (broad SMARTS) is 1. The number of ether oxygens (including phenoxy) is 1. The van der Waals surface area contributed by atoms with E-state index in [0.29, 0.717) is 12.1 Å². The van der Waals surface area contributed by atoms with Crippen LogP contribution in [0.4, 0.5) is 4.79 Å². The van der Waals surface area contributed by atoms with Crippen molar-refractivity contribution in [2.45, 2.75) is 51.2 Å². The van der Waals surface area contributed by atoms with Gasteiger partial charge in [0.05, 0.1) is 5.71 Å². The Morgan fingerprint density at radius 1 is 1.44 bits per heavy atom. The normalized spacial score (nSPS) is 26.1. The van der Waals surface area contributed by atoms with Crippen LogP contribution in [0, 0.1) is 0 Å². The van der Waals surface area contributed by atoms with Crippen molar-refractivity contribution >= 4 is 17.8 Å². The summed E-state index contributed by atoms with van der Waals surface area (Å²) < 4.78 is 5.03. The highest BCUT2D eigenvalue weighted by atomic mass is 16.6. The third-order valence-electron chi connectivity index (χ3n) is 2.64. The van der Waals surface area contributed by atoms with Gasteiger partial charge < -0.3 is 20.4 Å². The minimum Gasteiger partial charge on any atom is -0.479 e. The minimum absolute atomic E-state index is 0.0158. The van der Waals surface area contributed by atoms with E-state index in [1.165, 1.54) is 0 Å². The maximum Gasteiger partial charge on any atom is 0.408 e. The molecule has 102 valence electrons. The van der Waals surface area contributed by atoms with Gasteiger partial charge in [-0.2, -0.15) is 0 Å². The fourth-order valence-corrected chi connectivity index (χ4v) is 1.81. The van der Waals surface area contributed by atoms with Crippen molar-refractivity contribution in [3.05, 3.63) is 0 Å². The van der Waals surface area contributed by atoms with Crippen molar-refractivity contribution in [2.75, 3.05) is 0 Å². The number of hydrogen-bond donors (Lipinski definition) is 3. The van der Waals surface area contributed by atoms with Crippen LogP contribution in [0.2, 0.25) is 0 Å². The number of carbonyl (C=O) groups excluding carboxylic acids is 1. The van der Waals surface area contributed by atoms with Gasteiger partial charge in [0.1, 0.15) is 11.1 Å². The first-order chi connectivity index (χ1) is 8.18. The molecule has 7 heteroatoms. The topological polar surface area (TPSA) is 108 Å². The largest absolute Gasteiger partial charge is 0.479 e. The summed E-state index contributed by atoms with van der Waals surface area (Å²) in [5.41, 5.74) is -1.78. The van der Waals surface area contributed by atoms with Crippen molar-refractivity contribution in [2.24, 2.45) is 5.16 Å². The summed E-state index contributed by atoms with van der Waals surface area (Å²) in [7, 11) is 0. The number of carboxylic acids is 1. The number of hydrogen-bond acceptors (Lipinski definition) is 5. The van der Waals surface area contributed by atoms with Gasteiger partial charge in [0.15, 0.2) is 0 Å². The lowest BCUT2D eigenvalue weighted by molar-refractivity contribution is -0.144. The second-order valence-electron chi connectivity index (χ2n) is 5.36. The average molecular weight is 258 g/mol. The second-order valence-corrected chi connectivity index (χ2v) is 5.36. The summed E-state index contributed by atoms with van der Waals surface area (Å²) in [4.78, 5) is 22.9. The number of alkyl carbamates (subject to hydrolysis) is 1. The zero-order valence-electron chi connectivity index (χ0n) is 10.7. The molecule has 1 aliphatic carbocycles. The molecule has 1 atom stereocenters. The van der Waals surface area contributed by atoms with E-state index in [9.17, 15) is 14.7 Å². The monoisotopic (exact) mass is 258 g/mol. The molecular weight excluding hydrogens is 240 g/mol. The smallest absolute Gasteiger partial charge is 0.408 e. The average Bonchev–Trinajstić information content (AvgIpc) is 2.59. The number of aliphatic carboxylic acids is 1. The third kappa shape index (κ3) is 3.35. The van der Waals surface area contributed by atoms with E-state index < -0.39 is 23.2 Å². The molecule has 1 unspecified atom stereocenters. The van der Waals surface area contributed by atoms with Gasteiger partial charge >= 0.3 is 12.1 Å². The van der Waals surface area contributed by atoms with E-state index in [0.717, 1.165) is 0 Å². The molecule has 0 aromatic carbocycles. The lowest BCUT2D eigenvalue weighted by Gasteiger charge is -2.27. The Labute approximate surface area is 105 Å². The van der Waals surface area contributed by atoms with Crippen molar-refractivity contribution in [3.63, 3.8) is 0 Å². The molecule has 1 fully saturated rings. The van der Waals surface area contributed by atoms with Crippen LogP contribution >= 0.6 is 0 Å². The Hall–Kier alpha value is -1.79. The molecule has 0 aromatic heterocycles. The SMILES string of the molecule is CC(C)(C)OC(=O)NC1(C(=O)O)CC/C(=N\O)C1. The summed E-state index contributed by atoms with van der Waals surface area (Å²) >= 11 is 0. The molecule has 1 saturated carbocycles. The molecule has 18 heavy (non-hydrogen) atoms. The van der Waals surface area contributed by atoms with Crippen LogP contribution in [-0.4, -0.2) is 39.2 Å². The summed E-state index contributed by atoms with van der Waals surface area (Å²) in [6.45, 7) is 5.07. The van der Waals surface area contributed by atoms with Crippen LogP contribution < -0.4 is 5.32 Å². The van der Waals surface area contributed by atoms with Crippen LogP contribution in [0.15, 0.2) is 5.16 Å². The first-order valence-electron chi connectivity index (χ1n) is 5.63. The zero-order chi connectivity index (χ0) is 14.0. The molecule has 0 saturated heterocycles. The van der Waals surface area contributed by atoms with Crippen molar-refractivity contribution < 1.29 is 24.6 Å². The van der Waals surface area contributed by atoms with Crippen molar-refractivity contribution in [3.8, 4) is 0 Å². The highest BCUT2D eigenvalue weighted by Gasteiger charge is 2.46. The Kier molecular flexibility index (Phi) is 3.83. The zero-order valence-corrected chi connectivity index (χ0v) is 10.7. The molecule has 0 radical (unpaired) electrons. The van der Waals surface area contributed by atoms with Crippen LogP contribution in [-0.2, 0) is 9.53 Å². The Bertz CT molecular complexity index is 385. The van der Waals surface area contributed by atoms with Gasteiger partial charge in [0, 0.05) is 6.42 Å². The third-order valence-corrected chi connectivity index (χ3v) is 2.64. The lowest BCUT2D eigenvalue weighted by atomic mass is 9.98. The first kappa shape index (κ1) is 14.3. The van der Waals surface area contributed by atoms with E-state index in [1.54, 1.807) is 20.8 Å². The van der Waals surface area contributed by atoms with Crippen LogP contribution in [0.25, 0.3) is 0 Å². The molecule has 0 aromatic rings. The quantitative estimate of drug-likeness (QED) is 0.511. The molecular formula is C11H18N2O5. The number of nitrogens with zero attached hydrogens (tertiary/aromatic N) is 1. The van der Waals surface area contributed by atoms with Crippen LogP contribution in [0.3, 0.4) is 0 Å². The van der Waals surface area contributed by atoms with Crippen molar-refractivity contribution in [1.29, 1.82) is 0 Å². The maximum absolute atomic E-state index is 11.6. The summed E-state index contributed by atoms with van der Waals surface area (Å²) in [5.74, 6) is -1.16. The second kappa shape index (κ2) is 4.83. The summed E-state index contributed by atoms with van der Waals surface area (Å²) in [6, 6.07) is 0. The molecule has 1 rings (SSSR count). The fraction of sp³-hybridized carbons (Fsp3) is 0.727. The van der Waals surface area contributed by atoms with E-state index in [1.807, 2.05) is 0 Å². The van der Waals surface area contributed by atoms with Gasteiger partial charge in [-0.3, -0.25) is 0 Å². The van der Waals surface area contributed by atoms with E-state index >= 15 is 0 Å². The number of oxime groups is 1. The Balaban J connectivity index is 2.77. The maximum atomic E-state index is 11.6. The molecule has 0 aliphatic heterocycles. The van der Waals surface area contributed by atoms with Crippen molar-refractivity contribution in [1.82, 2.24) is 5.32 Å². The Morgan fingerprint density at radius 3 is 2.44 bits per heavy atom. The van der Waals surface area contributed by atoms with Gasteiger partial charge in [0.25, 0.3) is 0 Å². The highest BCUT2D eigenvalue weighted by Crippen LogP contribution is 2.28. The van der Waals surface area contributed by atoms with Crippen LogP contribution in [0.1, 0.15) is 40.0 Å². The predicted octanol–water partition coefficient (Wildman–Crippen LogP) is 1.35. The van der Waals surface area contributed by atoms with Gasteiger partial charge in [-0.1, -0.05) is 5.16 Å². The molecule has 0 heterocycles. The fourth-order valence-electron chi connectivity index (χ4n) is 1.81. The van der Waals surface area contributed by atoms with Gasteiger partial charge in [0.2, 0.25) is 0 Å². The highest BCUT2D eigenvalue weighted by molar-refractivity contribution is 5.97. The van der Waals surface area contributed by atoms with Gasteiger partial charge in [-0.25, -0.2) is 9.59 Å². The number of carbonyl (C=O) groups is 2. The molecule has 1 amide bonds. The Morgan fingerprint density at radius 2 is 2.06 bits per heavy atom. The van der Waals surface area contributed by atoms with Gasteiger partial charge in [-0.15, -0.1) is 0 Å². The molecule has 7 nitrogen and oxygen atoms in total. The van der Waals surface area contributed by atoms with E-state index in [4.69, 9.17) is 9.94 Å². The number of nitrogens with one attached hydrogen (secondary N) is 1. The number of rotatable bonds is 2. The minimum atomic E-state index is -1.44.